The van der Waals surface area contributed by atoms with Crippen molar-refractivity contribution in [2.24, 2.45) is 9.98 Å². The third-order valence-corrected chi connectivity index (χ3v) is 2.82. The van der Waals surface area contributed by atoms with Crippen LogP contribution in [0.25, 0.3) is 0 Å². The molecule has 0 amide bonds. The van der Waals surface area contributed by atoms with Gasteiger partial charge in [0.25, 0.3) is 0 Å². The van der Waals surface area contributed by atoms with Crippen LogP contribution in [0.1, 0.15) is 19.8 Å². The van der Waals surface area contributed by atoms with Crippen molar-refractivity contribution in [3.63, 3.8) is 0 Å². The van der Waals surface area contributed by atoms with Crippen LogP contribution in [0.2, 0.25) is 0 Å². The Balaban J connectivity index is 2.46. The fraction of sp³-hybridized carbons (Fsp3) is 0.500. The van der Waals surface area contributed by atoms with Gasteiger partial charge in [0.1, 0.15) is 0 Å². The number of aliphatic imine (C=N–C) groups is 2. The van der Waals surface area contributed by atoms with E-state index in [0.29, 0.717) is 9.88 Å². The van der Waals surface area contributed by atoms with E-state index in [2.05, 4.69) is 50.9 Å². The maximum absolute atomic E-state index is 5.99. The van der Waals surface area contributed by atoms with Gasteiger partial charge in [0.2, 0.25) is 5.96 Å². The van der Waals surface area contributed by atoms with Gasteiger partial charge in [-0.15, -0.1) is 0 Å². The van der Waals surface area contributed by atoms with Crippen molar-refractivity contribution in [1.29, 1.82) is 0 Å². The van der Waals surface area contributed by atoms with E-state index in [4.69, 9.17) is 11.6 Å². The lowest BCUT2D eigenvalue weighted by molar-refractivity contribution is 0.931. The van der Waals surface area contributed by atoms with Crippen molar-refractivity contribution >= 4 is 46.4 Å². The maximum Gasteiger partial charge on any atom is 0.217 e. The Morgan fingerprint density at radius 1 is 1.71 bits per heavy atom. The van der Waals surface area contributed by atoms with Crippen LogP contribution in [-0.4, -0.2) is 29.7 Å². The standard InChI is InChI=1S/C12H17ClIN3/c1-9(14)7-16-12(15-2)17-8-10-4-3-5-11(13)6-10/h4,6-7,9H,3,5,8H2,1-2H3,(H,15,17)/t9-/m0/s1. The van der Waals surface area contributed by atoms with Crippen LogP contribution >= 0.6 is 34.2 Å². The van der Waals surface area contributed by atoms with Gasteiger partial charge in [-0.1, -0.05) is 40.3 Å². The topological polar surface area (TPSA) is 36.8 Å². The summed E-state index contributed by atoms with van der Waals surface area (Å²) in [5, 5.41) is 4.11. The van der Waals surface area contributed by atoms with Gasteiger partial charge in [0.05, 0.1) is 0 Å². The van der Waals surface area contributed by atoms with Crippen LogP contribution in [0.3, 0.4) is 0 Å². The van der Waals surface area contributed by atoms with Crippen molar-refractivity contribution in [3.8, 4) is 0 Å². The van der Waals surface area contributed by atoms with Crippen molar-refractivity contribution in [3.05, 3.63) is 22.8 Å². The number of alkyl halides is 1. The average molecular weight is 366 g/mol. The minimum absolute atomic E-state index is 0.398. The Kier molecular flexibility index (Phi) is 6.80. The fourth-order valence-electron chi connectivity index (χ4n) is 1.39. The molecular weight excluding hydrogens is 349 g/mol. The molecule has 0 aromatic heterocycles. The Bertz CT molecular complexity index is 370. The van der Waals surface area contributed by atoms with Crippen LogP contribution in [0.15, 0.2) is 32.7 Å². The van der Waals surface area contributed by atoms with Crippen molar-refractivity contribution in [2.75, 3.05) is 13.6 Å². The van der Waals surface area contributed by atoms with Gasteiger partial charge < -0.3 is 5.32 Å². The predicted octanol–water partition coefficient (Wildman–Crippen LogP) is 3.30. The molecule has 0 unspecified atom stereocenters. The predicted molar refractivity (Wildman–Crippen MR) is 84.6 cm³/mol. The van der Waals surface area contributed by atoms with E-state index in [9.17, 15) is 0 Å². The van der Waals surface area contributed by atoms with Gasteiger partial charge in [-0.05, 0) is 31.4 Å². The molecule has 0 heterocycles. The number of allylic oxidation sites excluding steroid dienone is 2. The minimum Gasteiger partial charge on any atom is -0.350 e. The third-order valence-electron chi connectivity index (χ3n) is 2.20. The number of guanidine groups is 1. The molecule has 0 spiro atoms. The monoisotopic (exact) mass is 365 g/mol. The first kappa shape index (κ1) is 14.7. The molecule has 1 atom stereocenters. The van der Waals surface area contributed by atoms with Gasteiger partial charge >= 0.3 is 0 Å². The number of hydrogen-bond donors (Lipinski definition) is 1. The quantitative estimate of drug-likeness (QED) is 0.354. The molecule has 0 aromatic carbocycles. The highest BCUT2D eigenvalue weighted by molar-refractivity contribution is 14.1. The molecule has 1 aliphatic rings. The van der Waals surface area contributed by atoms with Crippen molar-refractivity contribution in [2.45, 2.75) is 23.7 Å². The van der Waals surface area contributed by atoms with Crippen molar-refractivity contribution in [1.82, 2.24) is 5.32 Å². The van der Waals surface area contributed by atoms with E-state index in [1.807, 2.05) is 12.3 Å². The molecule has 0 saturated heterocycles. The second kappa shape index (κ2) is 7.87. The summed E-state index contributed by atoms with van der Waals surface area (Å²) in [5.41, 5.74) is 1.19. The van der Waals surface area contributed by atoms with E-state index in [1.165, 1.54) is 5.57 Å². The van der Waals surface area contributed by atoms with Gasteiger partial charge in [-0.3, -0.25) is 4.99 Å². The summed E-state index contributed by atoms with van der Waals surface area (Å²) in [6.07, 6.45) is 8.03. The van der Waals surface area contributed by atoms with Crippen LogP contribution < -0.4 is 5.32 Å². The highest BCUT2D eigenvalue weighted by atomic mass is 127. The Hall–Kier alpha value is -0.360. The summed E-state index contributed by atoms with van der Waals surface area (Å²) < 4.78 is 0.398. The van der Waals surface area contributed by atoms with E-state index in [1.54, 1.807) is 7.05 Å². The van der Waals surface area contributed by atoms with Gasteiger partial charge in [-0.25, -0.2) is 4.99 Å². The van der Waals surface area contributed by atoms with E-state index in [-0.39, 0.29) is 0 Å². The van der Waals surface area contributed by atoms with Crippen LogP contribution in [-0.2, 0) is 0 Å². The number of nitrogens with one attached hydrogen (secondary N) is 1. The number of rotatable bonds is 3. The first-order valence-corrected chi connectivity index (χ1v) is 7.18. The van der Waals surface area contributed by atoms with Gasteiger partial charge in [-0.2, -0.15) is 0 Å². The molecule has 1 aliphatic carbocycles. The minimum atomic E-state index is 0.398. The summed E-state index contributed by atoms with van der Waals surface area (Å²) in [5.74, 6) is 0.657. The highest BCUT2D eigenvalue weighted by Gasteiger charge is 2.03. The molecule has 17 heavy (non-hydrogen) atoms. The second-order valence-corrected chi connectivity index (χ2v) is 6.22. The molecule has 1 rings (SSSR count). The SMILES string of the molecule is CN=C(N=C[C@H](C)I)NCC1=CCCC(Cl)=C1. The number of hydrogen-bond acceptors (Lipinski definition) is 1. The zero-order valence-electron chi connectivity index (χ0n) is 10.1. The van der Waals surface area contributed by atoms with E-state index >= 15 is 0 Å². The first-order chi connectivity index (χ1) is 8.11. The Labute approximate surface area is 121 Å². The van der Waals surface area contributed by atoms with Crippen LogP contribution in [0.5, 0.6) is 0 Å². The molecular formula is C12H17ClIN3. The van der Waals surface area contributed by atoms with E-state index in [0.717, 1.165) is 24.4 Å². The lowest BCUT2D eigenvalue weighted by Crippen LogP contribution is -2.24. The molecule has 1 N–H and O–H groups in total. The third kappa shape index (κ3) is 6.21. The van der Waals surface area contributed by atoms with Crippen LogP contribution in [0.4, 0.5) is 0 Å². The van der Waals surface area contributed by atoms with Crippen molar-refractivity contribution < 1.29 is 0 Å². The molecule has 3 nitrogen and oxygen atoms in total. The molecule has 0 aliphatic heterocycles. The van der Waals surface area contributed by atoms with Gasteiger partial charge in [0, 0.05) is 28.8 Å². The zero-order valence-corrected chi connectivity index (χ0v) is 13.0. The average Bonchev–Trinajstić information content (AvgIpc) is 2.29. The molecule has 0 saturated carbocycles. The van der Waals surface area contributed by atoms with Crippen LogP contribution in [0, 0.1) is 0 Å². The lowest BCUT2D eigenvalue weighted by Gasteiger charge is -2.10. The lowest BCUT2D eigenvalue weighted by atomic mass is 10.1. The second-order valence-electron chi connectivity index (χ2n) is 3.77. The fourth-order valence-corrected chi connectivity index (χ4v) is 1.80. The number of halogens is 2. The first-order valence-electron chi connectivity index (χ1n) is 5.56. The summed E-state index contributed by atoms with van der Waals surface area (Å²) in [6, 6.07) is 0. The summed E-state index contributed by atoms with van der Waals surface area (Å²) in [4.78, 5) is 8.36. The summed E-state index contributed by atoms with van der Waals surface area (Å²) in [6.45, 7) is 2.79. The Morgan fingerprint density at radius 2 is 2.47 bits per heavy atom. The smallest absolute Gasteiger partial charge is 0.217 e. The molecule has 0 fully saturated rings. The molecule has 0 aromatic rings. The Morgan fingerprint density at radius 3 is 3.06 bits per heavy atom. The van der Waals surface area contributed by atoms with Gasteiger partial charge in [0.15, 0.2) is 0 Å². The summed E-state index contributed by atoms with van der Waals surface area (Å²) in [7, 11) is 1.73. The highest BCUT2D eigenvalue weighted by Crippen LogP contribution is 2.19. The maximum atomic E-state index is 5.99. The summed E-state index contributed by atoms with van der Waals surface area (Å²) >= 11 is 8.29. The zero-order chi connectivity index (χ0) is 12.7. The molecule has 0 radical (unpaired) electrons. The van der Waals surface area contributed by atoms with E-state index < -0.39 is 0 Å². The number of nitrogens with zero attached hydrogens (tertiary/aromatic N) is 2. The molecule has 5 heteroatoms. The normalized spacial score (nSPS) is 18.9. The molecule has 0 bridgehead atoms. The molecule has 94 valence electrons. The largest absolute Gasteiger partial charge is 0.350 e.